The van der Waals surface area contributed by atoms with Crippen LogP contribution >= 0.6 is 0 Å². The van der Waals surface area contributed by atoms with Gasteiger partial charge in [0.2, 0.25) is 23.6 Å². The molecule has 0 saturated carbocycles. The van der Waals surface area contributed by atoms with Crippen LogP contribution in [0, 0.1) is 17.8 Å². The predicted octanol–water partition coefficient (Wildman–Crippen LogP) is 5.17. The number of carbonyl (C=O) groups excluding carboxylic acids is 5. The van der Waals surface area contributed by atoms with Gasteiger partial charge in [0, 0.05) is 6.42 Å². The van der Waals surface area contributed by atoms with Crippen molar-refractivity contribution in [2.24, 2.45) is 17.8 Å². The molecule has 1 saturated heterocycles. The summed E-state index contributed by atoms with van der Waals surface area (Å²) in [5.41, 5.74) is 0. The van der Waals surface area contributed by atoms with Crippen LogP contribution in [0.5, 0.6) is 0 Å². The topological polar surface area (TPSA) is 180 Å². The molecule has 0 spiro atoms. The number of carboxylic acids is 1. The zero-order chi connectivity index (χ0) is 36.9. The number of hydrogen-bond donors (Lipinski definition) is 5. The van der Waals surface area contributed by atoms with Gasteiger partial charge in [-0.25, -0.2) is 4.79 Å². The molecule has 0 aromatic heterocycles. The minimum atomic E-state index is -1.26. The number of hydrogen-bond acceptors (Lipinski definition) is 7. The lowest BCUT2D eigenvalue weighted by molar-refractivity contribution is -0.155. The Kier molecular flexibility index (Phi) is 21.5. The molecule has 1 fully saturated rings. The van der Waals surface area contributed by atoms with Crippen molar-refractivity contribution in [2.45, 2.75) is 181 Å². The van der Waals surface area contributed by atoms with E-state index in [1.807, 2.05) is 41.5 Å². The monoisotopic (exact) mass is 694 g/mol. The lowest BCUT2D eigenvalue weighted by atomic mass is 9.99. The van der Waals surface area contributed by atoms with E-state index in [1.54, 1.807) is 0 Å². The van der Waals surface area contributed by atoms with Crippen LogP contribution in [0.3, 0.4) is 0 Å². The molecule has 12 nitrogen and oxygen atoms in total. The fourth-order valence-corrected chi connectivity index (χ4v) is 6.04. The summed E-state index contributed by atoms with van der Waals surface area (Å²) >= 11 is 0. The molecule has 0 aromatic rings. The number of nitrogens with one attached hydrogen (secondary N) is 4. The molecule has 0 bridgehead atoms. The molecule has 5 N–H and O–H groups in total. The van der Waals surface area contributed by atoms with Crippen molar-refractivity contribution in [3.8, 4) is 0 Å². The molecule has 49 heavy (non-hydrogen) atoms. The quantitative estimate of drug-likeness (QED) is 0.0908. The summed E-state index contributed by atoms with van der Waals surface area (Å²) in [6.45, 7) is 13.6. The van der Waals surface area contributed by atoms with E-state index in [4.69, 9.17) is 4.74 Å². The van der Waals surface area contributed by atoms with E-state index in [0.717, 1.165) is 25.7 Å². The van der Waals surface area contributed by atoms with Gasteiger partial charge in [0.15, 0.2) is 0 Å². The number of esters is 1. The Labute approximate surface area is 294 Å². The van der Waals surface area contributed by atoms with Crippen molar-refractivity contribution in [1.29, 1.82) is 0 Å². The van der Waals surface area contributed by atoms with E-state index >= 15 is 0 Å². The number of carboxylic acid groups (broad SMARTS) is 1. The van der Waals surface area contributed by atoms with Crippen molar-refractivity contribution in [3.05, 3.63) is 0 Å². The zero-order valence-corrected chi connectivity index (χ0v) is 31.2. The third-order valence-corrected chi connectivity index (χ3v) is 8.61. The van der Waals surface area contributed by atoms with E-state index in [1.165, 1.54) is 32.1 Å². The summed E-state index contributed by atoms with van der Waals surface area (Å²) in [4.78, 5) is 79.2. The summed E-state index contributed by atoms with van der Waals surface area (Å²) in [7, 11) is 0. The van der Waals surface area contributed by atoms with Crippen molar-refractivity contribution in [3.63, 3.8) is 0 Å². The maximum Gasteiger partial charge on any atom is 0.328 e. The van der Waals surface area contributed by atoms with Gasteiger partial charge in [0.1, 0.15) is 30.3 Å². The first-order valence-corrected chi connectivity index (χ1v) is 18.8. The minimum Gasteiger partial charge on any atom is -0.481 e. The largest absolute Gasteiger partial charge is 0.481 e. The maximum atomic E-state index is 13.6. The fraction of sp³-hybridized carbons (Fsp3) is 0.838. The van der Waals surface area contributed by atoms with Crippen LogP contribution in [0.4, 0.5) is 0 Å². The summed E-state index contributed by atoms with van der Waals surface area (Å²) in [5.74, 6) is -4.20. The third-order valence-electron chi connectivity index (χ3n) is 8.61. The molecule has 0 unspecified atom stereocenters. The van der Waals surface area contributed by atoms with E-state index in [2.05, 4.69) is 28.2 Å². The van der Waals surface area contributed by atoms with Gasteiger partial charge in [-0.3, -0.25) is 24.0 Å². The highest BCUT2D eigenvalue weighted by atomic mass is 16.5. The third kappa shape index (κ3) is 19.6. The molecule has 5 atom stereocenters. The molecule has 1 heterocycles. The van der Waals surface area contributed by atoms with Gasteiger partial charge in [0.05, 0.1) is 6.42 Å². The minimum absolute atomic E-state index is 0.000510. The van der Waals surface area contributed by atoms with Crippen molar-refractivity contribution in [2.75, 3.05) is 0 Å². The summed E-state index contributed by atoms with van der Waals surface area (Å²) in [6.07, 6.45) is 9.73. The second kappa shape index (κ2) is 24.1. The number of aliphatic carboxylic acids is 1. The Balaban J connectivity index is 3.38. The van der Waals surface area contributed by atoms with Gasteiger partial charge in [-0.1, -0.05) is 99.8 Å². The Morgan fingerprint density at radius 2 is 1.06 bits per heavy atom. The van der Waals surface area contributed by atoms with Crippen LogP contribution in [0.25, 0.3) is 0 Å². The first kappa shape index (κ1) is 43.8. The molecular weight excluding hydrogens is 628 g/mol. The van der Waals surface area contributed by atoms with Gasteiger partial charge >= 0.3 is 11.9 Å². The predicted molar refractivity (Wildman–Crippen MR) is 189 cm³/mol. The van der Waals surface area contributed by atoms with Gasteiger partial charge in [0.25, 0.3) is 0 Å². The Morgan fingerprint density at radius 3 is 1.57 bits per heavy atom. The molecule has 1 aliphatic heterocycles. The molecule has 4 amide bonds. The smallest absolute Gasteiger partial charge is 0.328 e. The van der Waals surface area contributed by atoms with Gasteiger partial charge in [-0.05, 0) is 56.3 Å². The highest BCUT2D eigenvalue weighted by Crippen LogP contribution is 2.18. The lowest BCUT2D eigenvalue weighted by Crippen LogP contribution is -2.58. The molecule has 0 aromatic carbocycles. The van der Waals surface area contributed by atoms with E-state index in [0.29, 0.717) is 6.42 Å². The SMILES string of the molecule is CCCCCCCCCCC[C@@H]1CC(=O)N[C@@H](CC(C)C)C(=O)N[C@@H](CCC(=O)O)C(=O)N[C@H](CC(C)C)C(=O)N[C@@H](CC(C)C)C(=O)O1. The van der Waals surface area contributed by atoms with Gasteiger partial charge in [-0.15, -0.1) is 0 Å². The summed E-state index contributed by atoms with van der Waals surface area (Å²) < 4.78 is 5.95. The van der Waals surface area contributed by atoms with Crippen LogP contribution in [0.1, 0.15) is 151 Å². The number of ether oxygens (including phenoxy) is 1. The Bertz CT molecular complexity index is 1050. The molecule has 12 heteroatoms. The number of carbonyl (C=O) groups is 6. The average Bonchev–Trinajstić information content (AvgIpc) is 2.99. The summed E-state index contributed by atoms with van der Waals surface area (Å²) in [5, 5.41) is 20.2. The molecule has 0 radical (unpaired) electrons. The number of rotatable bonds is 19. The standard InChI is InChI=1S/C37H66N4O8/c1-8-9-10-11-12-13-14-15-16-17-27-23-32(42)38-29(20-24(2)3)35(46)39-28(18-19-33(43)44)34(45)40-30(21-25(4)5)36(47)41-31(22-26(6)7)37(48)49-27/h24-31H,8-23H2,1-7H3,(H,38,42)(H,39,46)(H,40,45)(H,41,47)(H,43,44)/t27-,28+,29+,30-,31+/m1/s1. The first-order valence-electron chi connectivity index (χ1n) is 18.8. The zero-order valence-electron chi connectivity index (χ0n) is 31.2. The van der Waals surface area contributed by atoms with E-state index < -0.39 is 72.3 Å². The van der Waals surface area contributed by atoms with Gasteiger partial charge in [-0.2, -0.15) is 0 Å². The molecular formula is C37H66N4O8. The Hall–Kier alpha value is -3.18. The highest BCUT2D eigenvalue weighted by molar-refractivity contribution is 5.95. The van der Waals surface area contributed by atoms with Crippen LogP contribution in [-0.4, -0.2) is 70.9 Å². The van der Waals surface area contributed by atoms with Crippen molar-refractivity contribution in [1.82, 2.24) is 21.3 Å². The highest BCUT2D eigenvalue weighted by Gasteiger charge is 2.34. The summed E-state index contributed by atoms with van der Waals surface area (Å²) in [6, 6.07) is -4.32. The van der Waals surface area contributed by atoms with Crippen LogP contribution < -0.4 is 21.3 Å². The second-order valence-electron chi connectivity index (χ2n) is 15.0. The number of unbranched alkanes of at least 4 members (excludes halogenated alkanes) is 8. The molecule has 0 aliphatic carbocycles. The lowest BCUT2D eigenvalue weighted by Gasteiger charge is -2.29. The van der Waals surface area contributed by atoms with Crippen molar-refractivity contribution >= 4 is 35.6 Å². The second-order valence-corrected chi connectivity index (χ2v) is 15.0. The maximum absolute atomic E-state index is 13.6. The van der Waals surface area contributed by atoms with E-state index in [9.17, 15) is 33.9 Å². The van der Waals surface area contributed by atoms with E-state index in [-0.39, 0.29) is 49.9 Å². The average molecular weight is 695 g/mol. The normalized spacial score (nSPS) is 23.2. The molecule has 1 aliphatic rings. The Morgan fingerprint density at radius 1 is 0.633 bits per heavy atom. The number of amides is 4. The van der Waals surface area contributed by atoms with Crippen LogP contribution in [0.15, 0.2) is 0 Å². The van der Waals surface area contributed by atoms with Crippen molar-refractivity contribution < 1.29 is 38.6 Å². The van der Waals surface area contributed by atoms with Crippen LogP contribution in [0.2, 0.25) is 0 Å². The van der Waals surface area contributed by atoms with Gasteiger partial charge < -0.3 is 31.1 Å². The molecule has 282 valence electrons. The first-order chi connectivity index (χ1) is 23.1. The van der Waals surface area contributed by atoms with Crippen LogP contribution in [-0.2, 0) is 33.5 Å². The number of cyclic esters (lactones) is 1. The fourth-order valence-electron chi connectivity index (χ4n) is 6.04. The molecule has 1 rings (SSSR count).